The molecule has 25 heavy (non-hydrogen) atoms. The van der Waals surface area contributed by atoms with E-state index in [1.807, 2.05) is 36.5 Å². The van der Waals surface area contributed by atoms with Gasteiger partial charge < -0.3 is 10.2 Å². The topological polar surface area (TPSA) is 101 Å². The zero-order valence-electron chi connectivity index (χ0n) is 12.8. The molecule has 0 spiro atoms. The molecule has 0 saturated heterocycles. The molecule has 124 valence electrons. The van der Waals surface area contributed by atoms with E-state index in [0.29, 0.717) is 21.8 Å². The van der Waals surface area contributed by atoms with Gasteiger partial charge in [0.05, 0.1) is 18.9 Å². The van der Waals surface area contributed by atoms with E-state index in [1.54, 1.807) is 10.9 Å². The number of fused-ring (bicyclic) bond motifs is 1. The quantitative estimate of drug-likeness (QED) is 0.585. The van der Waals surface area contributed by atoms with E-state index in [2.05, 4.69) is 15.1 Å². The van der Waals surface area contributed by atoms with Gasteiger partial charge in [0.2, 0.25) is 0 Å². The molecule has 3 aromatic heterocycles. The summed E-state index contributed by atoms with van der Waals surface area (Å²) >= 11 is 1.21. The zero-order chi connectivity index (χ0) is 17.4. The second-order valence-corrected chi connectivity index (χ2v) is 6.41. The largest absolute Gasteiger partial charge is 0.504 e. The summed E-state index contributed by atoms with van der Waals surface area (Å²) in [7, 11) is 0. The molecule has 8 heteroatoms. The standard InChI is InChI=1S/C17H12N4O3S/c22-14-13(17(23)24)18-7-12-15(14)25-16(20-12)11-6-19-21(9-11)8-10-4-2-1-3-5-10/h1-7,9,22H,8H2,(H,23,24). The lowest BCUT2D eigenvalue weighted by Crippen LogP contribution is -1.99. The van der Waals surface area contributed by atoms with Crippen LogP contribution in [0.25, 0.3) is 20.8 Å². The summed E-state index contributed by atoms with van der Waals surface area (Å²) in [5, 5.41) is 24.1. The van der Waals surface area contributed by atoms with Gasteiger partial charge in [-0.25, -0.2) is 14.8 Å². The third-order valence-corrected chi connectivity index (χ3v) is 4.81. The van der Waals surface area contributed by atoms with Gasteiger partial charge in [0, 0.05) is 11.8 Å². The zero-order valence-corrected chi connectivity index (χ0v) is 13.6. The Hall–Kier alpha value is -3.26. The Labute approximate surface area is 145 Å². The monoisotopic (exact) mass is 352 g/mol. The molecule has 1 aromatic carbocycles. The molecule has 4 rings (SSSR count). The SMILES string of the molecule is O=C(O)c1ncc2nc(-c3cnn(Cc4ccccc4)c3)sc2c1O. The molecule has 0 atom stereocenters. The van der Waals surface area contributed by atoms with E-state index in [9.17, 15) is 9.90 Å². The number of nitrogens with zero attached hydrogens (tertiary/aromatic N) is 4. The van der Waals surface area contributed by atoms with Crippen LogP contribution in [0.3, 0.4) is 0 Å². The van der Waals surface area contributed by atoms with Crippen LogP contribution in [-0.2, 0) is 6.54 Å². The Morgan fingerprint density at radius 3 is 2.76 bits per heavy atom. The van der Waals surface area contributed by atoms with E-state index < -0.39 is 5.97 Å². The van der Waals surface area contributed by atoms with E-state index >= 15 is 0 Å². The van der Waals surface area contributed by atoms with Crippen molar-refractivity contribution in [2.24, 2.45) is 0 Å². The molecule has 0 aliphatic heterocycles. The minimum atomic E-state index is -1.27. The molecule has 2 N–H and O–H groups in total. The Kier molecular flexibility index (Phi) is 3.66. The fraction of sp³-hybridized carbons (Fsp3) is 0.0588. The molecular formula is C17H12N4O3S. The van der Waals surface area contributed by atoms with Gasteiger partial charge in [-0.05, 0) is 5.56 Å². The van der Waals surface area contributed by atoms with Crippen molar-refractivity contribution in [1.82, 2.24) is 19.7 Å². The van der Waals surface area contributed by atoms with Crippen molar-refractivity contribution < 1.29 is 15.0 Å². The van der Waals surface area contributed by atoms with Crippen LogP contribution in [0.1, 0.15) is 16.1 Å². The number of pyridine rings is 1. The number of carbonyl (C=O) groups is 1. The lowest BCUT2D eigenvalue weighted by molar-refractivity contribution is 0.0687. The first-order valence-electron chi connectivity index (χ1n) is 7.40. The third kappa shape index (κ3) is 2.83. The molecule has 0 saturated carbocycles. The third-order valence-electron chi connectivity index (χ3n) is 3.68. The normalized spacial score (nSPS) is 11.0. The Bertz CT molecular complexity index is 1070. The summed E-state index contributed by atoms with van der Waals surface area (Å²) in [6, 6.07) is 9.96. The molecule has 7 nitrogen and oxygen atoms in total. The highest BCUT2D eigenvalue weighted by Gasteiger charge is 2.18. The van der Waals surface area contributed by atoms with Crippen molar-refractivity contribution in [1.29, 1.82) is 0 Å². The van der Waals surface area contributed by atoms with E-state index in [0.717, 1.165) is 11.1 Å². The highest BCUT2D eigenvalue weighted by Crippen LogP contribution is 2.36. The van der Waals surface area contributed by atoms with Crippen molar-refractivity contribution >= 4 is 27.5 Å². The summed E-state index contributed by atoms with van der Waals surface area (Å²) < 4.78 is 2.20. The van der Waals surface area contributed by atoms with Crippen molar-refractivity contribution in [2.75, 3.05) is 0 Å². The van der Waals surface area contributed by atoms with Gasteiger partial charge in [-0.1, -0.05) is 30.3 Å². The van der Waals surface area contributed by atoms with Gasteiger partial charge in [-0.2, -0.15) is 5.10 Å². The number of hydrogen-bond donors (Lipinski definition) is 2. The first kappa shape index (κ1) is 15.3. The smallest absolute Gasteiger partial charge is 0.358 e. The number of aromatic nitrogens is 4. The van der Waals surface area contributed by atoms with Crippen LogP contribution >= 0.6 is 11.3 Å². The molecule has 0 radical (unpaired) electrons. The number of hydrogen-bond acceptors (Lipinski definition) is 6. The first-order valence-corrected chi connectivity index (χ1v) is 8.22. The summed E-state index contributed by atoms with van der Waals surface area (Å²) in [5.41, 5.74) is 2.02. The van der Waals surface area contributed by atoms with Crippen LogP contribution in [0.2, 0.25) is 0 Å². The summed E-state index contributed by atoms with van der Waals surface area (Å²) in [5.74, 6) is -1.63. The number of thiazole rings is 1. The Balaban J connectivity index is 1.68. The van der Waals surface area contributed by atoms with Crippen molar-refractivity contribution in [3.63, 3.8) is 0 Å². The molecule has 0 aliphatic carbocycles. The minimum Gasteiger partial charge on any atom is -0.504 e. The molecule has 0 amide bonds. The van der Waals surface area contributed by atoms with Crippen LogP contribution in [0.15, 0.2) is 48.9 Å². The number of carboxylic acids is 1. The number of aromatic hydroxyl groups is 1. The van der Waals surface area contributed by atoms with Gasteiger partial charge in [0.25, 0.3) is 0 Å². The number of rotatable bonds is 4. The van der Waals surface area contributed by atoms with Crippen LogP contribution in [0, 0.1) is 0 Å². The van der Waals surface area contributed by atoms with Gasteiger partial charge in [-0.3, -0.25) is 4.68 Å². The predicted octanol–water partition coefficient (Wildman–Crippen LogP) is 3.01. The average molecular weight is 352 g/mol. The summed E-state index contributed by atoms with van der Waals surface area (Å²) in [6.45, 7) is 0.641. The fourth-order valence-corrected chi connectivity index (χ4v) is 3.45. The van der Waals surface area contributed by atoms with Gasteiger partial charge in [-0.15, -0.1) is 11.3 Å². The van der Waals surface area contributed by atoms with Crippen molar-refractivity contribution in [2.45, 2.75) is 6.54 Å². The maximum Gasteiger partial charge on any atom is 0.358 e. The molecule has 4 aromatic rings. The molecule has 0 unspecified atom stereocenters. The van der Waals surface area contributed by atoms with E-state index in [1.165, 1.54) is 17.5 Å². The second-order valence-electron chi connectivity index (χ2n) is 5.41. The van der Waals surface area contributed by atoms with Crippen LogP contribution < -0.4 is 0 Å². The lowest BCUT2D eigenvalue weighted by Gasteiger charge is -2.00. The van der Waals surface area contributed by atoms with E-state index in [-0.39, 0.29) is 11.4 Å². The maximum atomic E-state index is 11.1. The first-order chi connectivity index (χ1) is 12.1. The molecule has 0 fully saturated rings. The minimum absolute atomic E-state index is 0.356. The average Bonchev–Trinajstić information content (AvgIpc) is 3.23. The van der Waals surface area contributed by atoms with Crippen molar-refractivity contribution in [3.8, 4) is 16.3 Å². The molecular weight excluding hydrogens is 340 g/mol. The van der Waals surface area contributed by atoms with Gasteiger partial charge in [0.15, 0.2) is 11.4 Å². The van der Waals surface area contributed by atoms with Crippen LogP contribution in [0.4, 0.5) is 0 Å². The number of benzene rings is 1. The maximum absolute atomic E-state index is 11.1. The summed E-state index contributed by atoms with van der Waals surface area (Å²) in [4.78, 5) is 19.2. The molecule has 3 heterocycles. The summed E-state index contributed by atoms with van der Waals surface area (Å²) in [6.07, 6.45) is 4.92. The number of carboxylic acid groups (broad SMARTS) is 1. The second kappa shape index (κ2) is 5.99. The molecule has 0 bridgehead atoms. The van der Waals surface area contributed by atoms with Crippen LogP contribution in [-0.4, -0.2) is 35.9 Å². The highest BCUT2D eigenvalue weighted by atomic mass is 32.1. The highest BCUT2D eigenvalue weighted by molar-refractivity contribution is 7.22. The lowest BCUT2D eigenvalue weighted by atomic mass is 10.2. The Morgan fingerprint density at radius 1 is 1.20 bits per heavy atom. The Morgan fingerprint density at radius 2 is 2.00 bits per heavy atom. The fourth-order valence-electron chi connectivity index (χ4n) is 2.49. The number of aromatic carboxylic acids is 1. The van der Waals surface area contributed by atoms with Gasteiger partial charge >= 0.3 is 5.97 Å². The van der Waals surface area contributed by atoms with Crippen LogP contribution in [0.5, 0.6) is 5.75 Å². The predicted molar refractivity (Wildman–Crippen MR) is 92.8 cm³/mol. The van der Waals surface area contributed by atoms with Gasteiger partial charge in [0.1, 0.15) is 15.2 Å². The van der Waals surface area contributed by atoms with E-state index in [4.69, 9.17) is 5.11 Å². The van der Waals surface area contributed by atoms with Crippen molar-refractivity contribution in [3.05, 3.63) is 60.2 Å². The molecule has 0 aliphatic rings.